The summed E-state index contributed by atoms with van der Waals surface area (Å²) in [6, 6.07) is 15.8. The predicted octanol–water partition coefficient (Wildman–Crippen LogP) is 3.90. The molecule has 0 aliphatic rings. The fraction of sp³-hybridized carbons (Fsp3) is 0.350. The molecule has 0 radical (unpaired) electrons. The molecule has 0 fully saturated rings. The Morgan fingerprint density at radius 2 is 1.92 bits per heavy atom. The number of ether oxygens (including phenoxy) is 1. The number of benzene rings is 2. The van der Waals surface area contributed by atoms with E-state index in [0.29, 0.717) is 13.2 Å². The third-order valence-electron chi connectivity index (χ3n) is 3.71. The van der Waals surface area contributed by atoms with Crippen LogP contribution in [0.25, 0.3) is 0 Å². The molecule has 0 heterocycles. The van der Waals surface area contributed by atoms with Gasteiger partial charge in [-0.05, 0) is 49.2 Å². The second kappa shape index (κ2) is 9.73. The molecule has 4 nitrogen and oxygen atoms in total. The van der Waals surface area contributed by atoms with Crippen molar-refractivity contribution in [2.24, 2.45) is 0 Å². The van der Waals surface area contributed by atoms with E-state index in [-0.39, 0.29) is 5.91 Å². The van der Waals surface area contributed by atoms with Gasteiger partial charge in [0.05, 0.1) is 6.54 Å². The Morgan fingerprint density at radius 1 is 1.12 bits per heavy atom. The van der Waals surface area contributed by atoms with Gasteiger partial charge in [-0.15, -0.1) is 0 Å². The number of amides is 1. The first-order chi connectivity index (χ1) is 11.7. The van der Waals surface area contributed by atoms with Gasteiger partial charge in [-0.1, -0.05) is 43.7 Å². The van der Waals surface area contributed by atoms with Crippen LogP contribution >= 0.6 is 0 Å². The van der Waals surface area contributed by atoms with Crippen LogP contribution in [-0.4, -0.2) is 19.0 Å². The van der Waals surface area contributed by atoms with E-state index < -0.39 is 0 Å². The quantitative estimate of drug-likeness (QED) is 0.687. The fourth-order valence-corrected chi connectivity index (χ4v) is 2.31. The molecular weight excluding hydrogens is 300 g/mol. The smallest absolute Gasteiger partial charge is 0.238 e. The van der Waals surface area contributed by atoms with Gasteiger partial charge in [-0.2, -0.15) is 0 Å². The zero-order valence-electron chi connectivity index (χ0n) is 14.5. The fourth-order valence-electron chi connectivity index (χ4n) is 2.31. The van der Waals surface area contributed by atoms with Crippen LogP contribution in [0, 0.1) is 6.92 Å². The lowest BCUT2D eigenvalue weighted by atomic mass is 10.2. The Hall–Kier alpha value is -2.33. The van der Waals surface area contributed by atoms with Crippen molar-refractivity contribution in [2.45, 2.75) is 33.3 Å². The Morgan fingerprint density at radius 3 is 2.62 bits per heavy atom. The van der Waals surface area contributed by atoms with Crippen molar-refractivity contribution in [1.29, 1.82) is 0 Å². The third-order valence-corrected chi connectivity index (χ3v) is 3.71. The summed E-state index contributed by atoms with van der Waals surface area (Å²) in [5.41, 5.74) is 2.94. The molecule has 0 saturated heterocycles. The second-order valence-electron chi connectivity index (χ2n) is 5.83. The average Bonchev–Trinajstić information content (AvgIpc) is 2.60. The van der Waals surface area contributed by atoms with Crippen molar-refractivity contribution in [2.75, 3.05) is 18.4 Å². The van der Waals surface area contributed by atoms with Gasteiger partial charge in [0, 0.05) is 5.69 Å². The molecule has 4 heteroatoms. The average molecular weight is 326 g/mol. The molecule has 128 valence electrons. The number of anilines is 1. The molecule has 2 rings (SSSR count). The van der Waals surface area contributed by atoms with E-state index in [2.05, 4.69) is 17.6 Å². The van der Waals surface area contributed by atoms with Crippen LogP contribution in [0.1, 0.15) is 30.9 Å². The molecule has 2 N–H and O–H groups in total. The lowest BCUT2D eigenvalue weighted by Gasteiger charge is -2.12. The topological polar surface area (TPSA) is 50.4 Å². The molecule has 2 aromatic carbocycles. The zero-order valence-corrected chi connectivity index (χ0v) is 14.5. The number of unbranched alkanes of at least 4 members (excludes halogenated alkanes) is 1. The van der Waals surface area contributed by atoms with E-state index in [0.717, 1.165) is 42.0 Å². The first kappa shape index (κ1) is 18.0. The van der Waals surface area contributed by atoms with E-state index in [1.54, 1.807) is 0 Å². The summed E-state index contributed by atoms with van der Waals surface area (Å²) < 4.78 is 5.80. The molecular formula is C20H26N2O2. The van der Waals surface area contributed by atoms with Gasteiger partial charge in [0.25, 0.3) is 0 Å². The van der Waals surface area contributed by atoms with Crippen LogP contribution in [0.5, 0.6) is 5.75 Å². The van der Waals surface area contributed by atoms with Crippen molar-refractivity contribution >= 4 is 11.6 Å². The molecule has 0 atom stereocenters. The van der Waals surface area contributed by atoms with Crippen LogP contribution in [-0.2, 0) is 11.4 Å². The molecule has 0 aliphatic heterocycles. The number of carbonyl (C=O) groups excluding carboxylic acids is 1. The number of hydrogen-bond donors (Lipinski definition) is 2. The summed E-state index contributed by atoms with van der Waals surface area (Å²) in [6.07, 6.45) is 2.21. The van der Waals surface area contributed by atoms with Crippen molar-refractivity contribution in [3.8, 4) is 5.75 Å². The standard InChI is InChI=1S/C20H26N2O2/c1-3-4-12-21-14-20(23)22-19-11-10-18(13-16(19)2)24-15-17-8-6-5-7-9-17/h5-11,13,21H,3-4,12,14-15H2,1-2H3,(H,22,23). The monoisotopic (exact) mass is 326 g/mol. The van der Waals surface area contributed by atoms with Gasteiger partial charge in [0.2, 0.25) is 5.91 Å². The number of rotatable bonds is 9. The summed E-state index contributed by atoms with van der Waals surface area (Å²) >= 11 is 0. The number of carbonyl (C=O) groups is 1. The Labute approximate surface area is 144 Å². The first-order valence-electron chi connectivity index (χ1n) is 8.47. The summed E-state index contributed by atoms with van der Waals surface area (Å²) in [7, 11) is 0. The Bertz CT molecular complexity index is 641. The number of hydrogen-bond acceptors (Lipinski definition) is 3. The highest BCUT2D eigenvalue weighted by molar-refractivity contribution is 5.93. The lowest BCUT2D eigenvalue weighted by molar-refractivity contribution is -0.115. The van der Waals surface area contributed by atoms with Crippen molar-refractivity contribution in [3.05, 3.63) is 59.7 Å². The maximum Gasteiger partial charge on any atom is 0.238 e. The molecule has 0 aliphatic carbocycles. The maximum atomic E-state index is 11.9. The second-order valence-corrected chi connectivity index (χ2v) is 5.83. The summed E-state index contributed by atoms with van der Waals surface area (Å²) in [4.78, 5) is 11.9. The van der Waals surface area contributed by atoms with E-state index in [4.69, 9.17) is 4.74 Å². The number of aryl methyl sites for hydroxylation is 1. The predicted molar refractivity (Wildman–Crippen MR) is 98.4 cm³/mol. The van der Waals surface area contributed by atoms with Gasteiger partial charge >= 0.3 is 0 Å². The van der Waals surface area contributed by atoms with Crippen molar-refractivity contribution < 1.29 is 9.53 Å². The largest absolute Gasteiger partial charge is 0.489 e. The van der Waals surface area contributed by atoms with E-state index in [9.17, 15) is 4.79 Å². The SMILES string of the molecule is CCCCNCC(=O)Nc1ccc(OCc2ccccc2)cc1C. The summed E-state index contributed by atoms with van der Waals surface area (Å²) in [5, 5.41) is 6.07. The Kier molecular flexibility index (Phi) is 7.30. The van der Waals surface area contributed by atoms with Gasteiger partial charge in [-0.25, -0.2) is 0 Å². The molecule has 0 spiro atoms. The van der Waals surface area contributed by atoms with Crippen LogP contribution in [0.4, 0.5) is 5.69 Å². The maximum absolute atomic E-state index is 11.9. The van der Waals surface area contributed by atoms with E-state index >= 15 is 0 Å². The molecule has 1 amide bonds. The van der Waals surface area contributed by atoms with Crippen LogP contribution in [0.2, 0.25) is 0 Å². The molecule has 0 saturated carbocycles. The molecule has 0 bridgehead atoms. The minimum Gasteiger partial charge on any atom is -0.489 e. The Balaban J connectivity index is 1.84. The van der Waals surface area contributed by atoms with Gasteiger partial charge in [0.15, 0.2) is 0 Å². The van der Waals surface area contributed by atoms with Crippen LogP contribution < -0.4 is 15.4 Å². The molecule has 2 aromatic rings. The van der Waals surface area contributed by atoms with Crippen LogP contribution in [0.15, 0.2) is 48.5 Å². The summed E-state index contributed by atoms with van der Waals surface area (Å²) in [6.45, 7) is 5.84. The molecule has 0 aromatic heterocycles. The highest BCUT2D eigenvalue weighted by atomic mass is 16.5. The minimum atomic E-state index is -0.0212. The zero-order chi connectivity index (χ0) is 17.2. The summed E-state index contributed by atoms with van der Waals surface area (Å²) in [5.74, 6) is 0.780. The van der Waals surface area contributed by atoms with Crippen molar-refractivity contribution in [3.63, 3.8) is 0 Å². The highest BCUT2D eigenvalue weighted by Crippen LogP contribution is 2.22. The normalized spacial score (nSPS) is 10.4. The lowest BCUT2D eigenvalue weighted by Crippen LogP contribution is -2.28. The highest BCUT2D eigenvalue weighted by Gasteiger charge is 2.06. The van der Waals surface area contributed by atoms with Gasteiger partial charge < -0.3 is 15.4 Å². The van der Waals surface area contributed by atoms with Crippen molar-refractivity contribution in [1.82, 2.24) is 5.32 Å². The molecule has 0 unspecified atom stereocenters. The third kappa shape index (κ3) is 6.05. The molecule has 24 heavy (non-hydrogen) atoms. The van der Waals surface area contributed by atoms with E-state index in [1.807, 2.05) is 55.5 Å². The van der Waals surface area contributed by atoms with E-state index in [1.165, 1.54) is 0 Å². The van der Waals surface area contributed by atoms with Crippen LogP contribution in [0.3, 0.4) is 0 Å². The van der Waals surface area contributed by atoms with Gasteiger partial charge in [-0.3, -0.25) is 4.79 Å². The number of nitrogens with one attached hydrogen (secondary N) is 2. The van der Waals surface area contributed by atoms with Gasteiger partial charge in [0.1, 0.15) is 12.4 Å². The first-order valence-corrected chi connectivity index (χ1v) is 8.47. The minimum absolute atomic E-state index is 0.0212.